The third kappa shape index (κ3) is 3.15. The SMILES string of the molecule is Nc1nc(CN2CCN(C3CCNC3)CC2)nc2ccccc12. The largest absolute Gasteiger partial charge is 0.383 e. The average Bonchev–Trinajstić information content (AvgIpc) is 3.10. The monoisotopic (exact) mass is 312 g/mol. The fourth-order valence-corrected chi connectivity index (χ4v) is 3.66. The van der Waals surface area contributed by atoms with Crippen LogP contribution in [0.2, 0.25) is 0 Å². The molecule has 2 fully saturated rings. The minimum Gasteiger partial charge on any atom is -0.383 e. The Morgan fingerprint density at radius 1 is 1.13 bits per heavy atom. The van der Waals surface area contributed by atoms with E-state index in [1.54, 1.807) is 0 Å². The Labute approximate surface area is 136 Å². The molecule has 23 heavy (non-hydrogen) atoms. The van der Waals surface area contributed by atoms with E-state index in [4.69, 9.17) is 5.73 Å². The smallest absolute Gasteiger partial charge is 0.145 e. The van der Waals surface area contributed by atoms with Gasteiger partial charge in [-0.15, -0.1) is 0 Å². The van der Waals surface area contributed by atoms with Gasteiger partial charge in [-0.25, -0.2) is 9.97 Å². The molecule has 2 saturated heterocycles. The van der Waals surface area contributed by atoms with Crippen LogP contribution in [0.3, 0.4) is 0 Å². The number of nitrogens with one attached hydrogen (secondary N) is 1. The van der Waals surface area contributed by atoms with Crippen LogP contribution in [-0.4, -0.2) is 65.1 Å². The minimum atomic E-state index is 0.585. The fourth-order valence-electron chi connectivity index (χ4n) is 3.66. The van der Waals surface area contributed by atoms with Gasteiger partial charge in [-0.1, -0.05) is 12.1 Å². The summed E-state index contributed by atoms with van der Waals surface area (Å²) in [5.41, 5.74) is 7.02. The number of anilines is 1. The molecule has 2 aromatic rings. The van der Waals surface area contributed by atoms with Crippen LogP contribution in [0.5, 0.6) is 0 Å². The number of fused-ring (bicyclic) bond motifs is 1. The molecule has 0 spiro atoms. The van der Waals surface area contributed by atoms with E-state index in [1.165, 1.54) is 6.42 Å². The normalized spacial score (nSPS) is 23.6. The number of aromatic nitrogens is 2. The van der Waals surface area contributed by atoms with Crippen LogP contribution >= 0.6 is 0 Å². The van der Waals surface area contributed by atoms with E-state index in [9.17, 15) is 0 Å². The quantitative estimate of drug-likeness (QED) is 0.869. The van der Waals surface area contributed by atoms with Crippen LogP contribution in [0.15, 0.2) is 24.3 Å². The van der Waals surface area contributed by atoms with Crippen molar-refractivity contribution in [3.63, 3.8) is 0 Å². The number of nitrogen functional groups attached to an aromatic ring is 1. The summed E-state index contributed by atoms with van der Waals surface area (Å²) >= 11 is 0. The van der Waals surface area contributed by atoms with Gasteiger partial charge in [-0.05, 0) is 25.1 Å². The first-order valence-corrected chi connectivity index (χ1v) is 8.48. The first-order chi connectivity index (χ1) is 11.3. The third-order valence-corrected chi connectivity index (χ3v) is 5.00. The van der Waals surface area contributed by atoms with Crippen LogP contribution in [0.1, 0.15) is 12.2 Å². The van der Waals surface area contributed by atoms with Gasteiger partial charge < -0.3 is 11.1 Å². The van der Waals surface area contributed by atoms with Crippen molar-refractivity contribution in [1.29, 1.82) is 0 Å². The zero-order chi connectivity index (χ0) is 15.6. The molecule has 3 N–H and O–H groups in total. The first-order valence-electron chi connectivity index (χ1n) is 8.48. The van der Waals surface area contributed by atoms with E-state index < -0.39 is 0 Å². The highest BCUT2D eigenvalue weighted by Gasteiger charge is 2.26. The van der Waals surface area contributed by atoms with Gasteiger partial charge in [0, 0.05) is 44.2 Å². The van der Waals surface area contributed by atoms with Gasteiger partial charge in [0.05, 0.1) is 12.1 Å². The topological polar surface area (TPSA) is 70.3 Å². The summed E-state index contributed by atoms with van der Waals surface area (Å²) in [6, 6.07) is 8.67. The van der Waals surface area contributed by atoms with Crippen molar-refractivity contribution >= 4 is 16.7 Å². The minimum absolute atomic E-state index is 0.585. The van der Waals surface area contributed by atoms with Crippen LogP contribution in [0.25, 0.3) is 10.9 Å². The zero-order valence-corrected chi connectivity index (χ0v) is 13.4. The standard InChI is InChI=1S/C17H24N6/c18-17-14-3-1-2-4-15(14)20-16(21-17)12-22-7-9-23(10-8-22)13-5-6-19-11-13/h1-4,13,19H,5-12H2,(H2,18,20,21). The maximum Gasteiger partial charge on any atom is 0.145 e. The number of nitrogens with zero attached hydrogens (tertiary/aromatic N) is 4. The summed E-state index contributed by atoms with van der Waals surface area (Å²) in [6.45, 7) is 7.51. The van der Waals surface area contributed by atoms with Gasteiger partial charge >= 0.3 is 0 Å². The number of para-hydroxylation sites is 1. The molecule has 1 atom stereocenters. The second kappa shape index (κ2) is 6.39. The molecule has 2 aliphatic heterocycles. The molecule has 4 rings (SSSR count). The molecule has 0 radical (unpaired) electrons. The van der Waals surface area contributed by atoms with E-state index >= 15 is 0 Å². The van der Waals surface area contributed by atoms with Gasteiger partial charge in [0.2, 0.25) is 0 Å². The van der Waals surface area contributed by atoms with E-state index in [0.29, 0.717) is 5.82 Å². The van der Waals surface area contributed by atoms with E-state index in [1.807, 2.05) is 24.3 Å². The Morgan fingerprint density at radius 2 is 1.96 bits per heavy atom. The number of piperazine rings is 1. The molecular weight excluding hydrogens is 288 g/mol. The fraction of sp³-hybridized carbons (Fsp3) is 0.529. The summed E-state index contributed by atoms with van der Waals surface area (Å²) in [6.07, 6.45) is 1.28. The lowest BCUT2D eigenvalue weighted by atomic mass is 10.2. The lowest BCUT2D eigenvalue weighted by molar-refractivity contribution is 0.0966. The Kier molecular flexibility index (Phi) is 4.11. The molecule has 0 bridgehead atoms. The summed E-state index contributed by atoms with van der Waals surface area (Å²) < 4.78 is 0. The van der Waals surface area contributed by atoms with Gasteiger partial charge in [-0.3, -0.25) is 9.80 Å². The van der Waals surface area contributed by atoms with E-state index in [0.717, 1.165) is 68.6 Å². The molecule has 0 aliphatic carbocycles. The number of rotatable bonds is 3. The molecule has 0 saturated carbocycles. The third-order valence-electron chi connectivity index (χ3n) is 5.00. The first kappa shape index (κ1) is 14.8. The van der Waals surface area contributed by atoms with Crippen molar-refractivity contribution in [3.8, 4) is 0 Å². The van der Waals surface area contributed by atoms with Crippen molar-refractivity contribution in [2.45, 2.75) is 19.0 Å². The van der Waals surface area contributed by atoms with Crippen molar-refractivity contribution in [2.24, 2.45) is 0 Å². The zero-order valence-electron chi connectivity index (χ0n) is 13.4. The highest BCUT2D eigenvalue weighted by atomic mass is 15.3. The molecule has 6 heteroatoms. The van der Waals surface area contributed by atoms with Crippen molar-refractivity contribution in [1.82, 2.24) is 25.1 Å². The van der Waals surface area contributed by atoms with Gasteiger partial charge in [0.15, 0.2) is 0 Å². The number of nitrogens with two attached hydrogens (primary N) is 1. The number of benzene rings is 1. The Morgan fingerprint density at radius 3 is 2.74 bits per heavy atom. The van der Waals surface area contributed by atoms with Crippen molar-refractivity contribution in [2.75, 3.05) is 45.0 Å². The highest BCUT2D eigenvalue weighted by Crippen LogP contribution is 2.18. The molecule has 3 heterocycles. The molecule has 6 nitrogen and oxygen atoms in total. The van der Waals surface area contributed by atoms with E-state index in [2.05, 4.69) is 25.1 Å². The highest BCUT2D eigenvalue weighted by molar-refractivity contribution is 5.87. The number of hydrogen-bond acceptors (Lipinski definition) is 6. The lowest BCUT2D eigenvalue weighted by Crippen LogP contribution is -2.50. The predicted octanol–water partition coefficient (Wildman–Crippen LogP) is 0.692. The summed E-state index contributed by atoms with van der Waals surface area (Å²) in [4.78, 5) is 14.2. The summed E-state index contributed by atoms with van der Waals surface area (Å²) in [7, 11) is 0. The lowest BCUT2D eigenvalue weighted by Gasteiger charge is -2.37. The summed E-state index contributed by atoms with van der Waals surface area (Å²) in [5, 5.41) is 4.39. The molecule has 1 unspecified atom stereocenters. The molecule has 0 amide bonds. The Hall–Kier alpha value is -1.76. The molecule has 2 aliphatic rings. The van der Waals surface area contributed by atoms with Crippen molar-refractivity contribution in [3.05, 3.63) is 30.1 Å². The Balaban J connectivity index is 1.41. The van der Waals surface area contributed by atoms with Gasteiger partial charge in [-0.2, -0.15) is 0 Å². The number of hydrogen-bond donors (Lipinski definition) is 2. The molecule has 1 aromatic heterocycles. The van der Waals surface area contributed by atoms with Crippen LogP contribution in [0.4, 0.5) is 5.82 Å². The average molecular weight is 312 g/mol. The predicted molar refractivity (Wildman–Crippen MR) is 92.1 cm³/mol. The van der Waals surface area contributed by atoms with E-state index in [-0.39, 0.29) is 0 Å². The van der Waals surface area contributed by atoms with Crippen molar-refractivity contribution < 1.29 is 0 Å². The summed E-state index contributed by atoms with van der Waals surface area (Å²) in [5.74, 6) is 1.42. The van der Waals surface area contributed by atoms with Crippen LogP contribution < -0.4 is 11.1 Å². The maximum absolute atomic E-state index is 6.08. The Bertz CT molecular complexity index is 674. The van der Waals surface area contributed by atoms with Crippen LogP contribution in [0, 0.1) is 0 Å². The molecule has 122 valence electrons. The second-order valence-corrected chi connectivity index (χ2v) is 6.50. The second-order valence-electron chi connectivity index (χ2n) is 6.50. The molecular formula is C17H24N6. The van der Waals surface area contributed by atoms with Crippen LogP contribution in [-0.2, 0) is 6.54 Å². The van der Waals surface area contributed by atoms with Gasteiger partial charge in [0.1, 0.15) is 11.6 Å². The van der Waals surface area contributed by atoms with Gasteiger partial charge in [0.25, 0.3) is 0 Å². The molecule has 1 aromatic carbocycles. The maximum atomic E-state index is 6.08.